The Morgan fingerprint density at radius 2 is 0.938 bits per heavy atom. The van der Waals surface area contributed by atoms with Crippen LogP contribution in [0, 0.1) is 0 Å². The molecule has 0 aromatic rings. The minimum atomic E-state index is -2.33. The average Bonchev–Trinajstić information content (AvgIpc) is 2.00. The average molecular weight is 256 g/mol. The van der Waals surface area contributed by atoms with Crippen molar-refractivity contribution in [1.29, 1.82) is 0 Å². The standard InChI is InChI=1S/C4H6O6.CH2O3.2Na/c5-1(3(7)8)2(6)4(9)10;2-1(3)4;;/h1-2,5-6H,(H,7,8)(H,9,10);(H2,2,3,4);;/q;;2*+1/p-2. The van der Waals surface area contributed by atoms with Crippen molar-refractivity contribution < 1.29 is 104 Å². The predicted octanol–water partition coefficient (Wildman–Crippen LogP) is -10.6. The molecule has 0 aliphatic carbocycles. The molecular formula is C5H6Na2O9. The van der Waals surface area contributed by atoms with Crippen molar-refractivity contribution in [2.45, 2.75) is 12.2 Å². The number of carbonyl (C=O) groups is 3. The first kappa shape index (κ1) is 25.1. The number of aliphatic hydroxyl groups is 2. The van der Waals surface area contributed by atoms with Crippen LogP contribution in [0.5, 0.6) is 0 Å². The Bertz CT molecular complexity index is 208. The second-order valence-electron chi connectivity index (χ2n) is 1.82. The number of carboxylic acid groups (broad SMARTS) is 4. The Kier molecular flexibility index (Phi) is 20.7. The molecule has 16 heavy (non-hydrogen) atoms. The summed E-state index contributed by atoms with van der Waals surface area (Å²) in [4.78, 5) is 27.9. The second kappa shape index (κ2) is 13.2. The Balaban J connectivity index is -0.000000105. The van der Waals surface area contributed by atoms with Crippen molar-refractivity contribution in [3.63, 3.8) is 0 Å². The summed E-state index contributed by atoms with van der Waals surface area (Å²) in [7, 11) is 0. The van der Waals surface area contributed by atoms with Gasteiger partial charge in [0.25, 0.3) is 0 Å². The summed E-state index contributed by atoms with van der Waals surface area (Å²) in [5.74, 6) is -3.54. The van der Waals surface area contributed by atoms with E-state index in [0.29, 0.717) is 0 Å². The van der Waals surface area contributed by atoms with Crippen molar-refractivity contribution in [3.8, 4) is 0 Å². The van der Waals surface area contributed by atoms with E-state index in [1.165, 1.54) is 0 Å². The van der Waals surface area contributed by atoms with Gasteiger partial charge in [0.05, 0.1) is 0 Å². The van der Waals surface area contributed by atoms with Gasteiger partial charge in [0, 0.05) is 0 Å². The molecule has 0 aliphatic rings. The zero-order valence-electron chi connectivity index (χ0n) is 8.48. The van der Waals surface area contributed by atoms with Crippen LogP contribution < -0.4 is 69.3 Å². The Hall–Kier alpha value is 0.130. The summed E-state index contributed by atoms with van der Waals surface area (Å²) in [6.07, 6.45) is -6.87. The quantitative estimate of drug-likeness (QED) is 0.356. The van der Waals surface area contributed by atoms with Crippen LogP contribution in [0.2, 0.25) is 0 Å². The van der Waals surface area contributed by atoms with E-state index in [1.54, 1.807) is 0 Å². The maximum atomic E-state index is 9.77. The van der Waals surface area contributed by atoms with Gasteiger partial charge in [0.2, 0.25) is 0 Å². The van der Waals surface area contributed by atoms with Crippen LogP contribution >= 0.6 is 0 Å². The van der Waals surface area contributed by atoms with Gasteiger partial charge in [0.15, 0.2) is 12.2 Å². The topological polar surface area (TPSA) is 178 Å². The third kappa shape index (κ3) is 16.6. The molecule has 0 bridgehead atoms. The molecular weight excluding hydrogens is 250 g/mol. The van der Waals surface area contributed by atoms with Crippen LogP contribution in [0.1, 0.15) is 0 Å². The van der Waals surface area contributed by atoms with E-state index in [0.717, 1.165) is 0 Å². The molecule has 0 saturated carbocycles. The van der Waals surface area contributed by atoms with Gasteiger partial charge in [-0.05, 0) is 6.16 Å². The van der Waals surface area contributed by atoms with E-state index in [9.17, 15) is 9.59 Å². The molecule has 2 unspecified atom stereocenters. The SMILES string of the molecule is O=C(O)C(O)C(O)C(=O)O.O=C([O-])[O-].[Na+].[Na+]. The minimum Gasteiger partial charge on any atom is -0.652 e. The molecule has 0 spiro atoms. The summed E-state index contributed by atoms with van der Waals surface area (Å²) < 4.78 is 0. The van der Waals surface area contributed by atoms with Crippen LogP contribution in [0.4, 0.5) is 4.79 Å². The number of hydrogen-bond donors (Lipinski definition) is 4. The van der Waals surface area contributed by atoms with E-state index in [-0.39, 0.29) is 59.1 Å². The molecule has 11 heteroatoms. The van der Waals surface area contributed by atoms with Crippen LogP contribution in [0.3, 0.4) is 0 Å². The van der Waals surface area contributed by atoms with Gasteiger partial charge >= 0.3 is 71.1 Å². The second-order valence-corrected chi connectivity index (χ2v) is 1.82. The molecule has 0 aromatic heterocycles. The fourth-order valence-electron chi connectivity index (χ4n) is 0.270. The van der Waals surface area contributed by atoms with Gasteiger partial charge in [-0.15, -0.1) is 0 Å². The Morgan fingerprint density at radius 3 is 1.00 bits per heavy atom. The van der Waals surface area contributed by atoms with Gasteiger partial charge in [-0.25, -0.2) is 9.59 Å². The molecule has 4 N–H and O–H groups in total. The third-order valence-corrected chi connectivity index (χ3v) is 0.805. The minimum absolute atomic E-state index is 0. The molecule has 82 valence electrons. The van der Waals surface area contributed by atoms with E-state index in [4.69, 9.17) is 35.4 Å². The number of carboxylic acids is 2. The van der Waals surface area contributed by atoms with Crippen molar-refractivity contribution in [2.24, 2.45) is 0 Å². The molecule has 0 heterocycles. The predicted molar refractivity (Wildman–Crippen MR) is 32.7 cm³/mol. The number of rotatable bonds is 3. The Morgan fingerprint density at radius 1 is 0.812 bits per heavy atom. The summed E-state index contributed by atoms with van der Waals surface area (Å²) >= 11 is 0. The summed E-state index contributed by atoms with van der Waals surface area (Å²) in [5.41, 5.74) is 0. The normalized spacial score (nSPS) is 11.4. The van der Waals surface area contributed by atoms with Gasteiger partial charge in [-0.1, -0.05) is 0 Å². The van der Waals surface area contributed by atoms with Crippen LogP contribution in [-0.4, -0.2) is 50.7 Å². The van der Waals surface area contributed by atoms with Gasteiger partial charge < -0.3 is 35.4 Å². The first-order valence-corrected chi connectivity index (χ1v) is 2.89. The summed E-state index contributed by atoms with van der Waals surface area (Å²) in [6, 6.07) is 0. The molecule has 0 saturated heterocycles. The van der Waals surface area contributed by atoms with Gasteiger partial charge in [-0.3, -0.25) is 0 Å². The first-order chi connectivity index (χ1) is 6.20. The molecule has 0 aromatic carbocycles. The number of aliphatic carboxylic acids is 2. The fourth-order valence-corrected chi connectivity index (χ4v) is 0.270. The number of hydrogen-bond acceptors (Lipinski definition) is 7. The van der Waals surface area contributed by atoms with E-state index in [2.05, 4.69) is 0 Å². The summed E-state index contributed by atoms with van der Waals surface area (Å²) in [5, 5.41) is 49.2. The molecule has 2 atom stereocenters. The van der Waals surface area contributed by atoms with Gasteiger partial charge in [-0.2, -0.15) is 0 Å². The molecule has 0 rings (SSSR count). The molecule has 0 aliphatic heterocycles. The third-order valence-electron chi connectivity index (χ3n) is 0.805. The monoisotopic (exact) mass is 256 g/mol. The van der Waals surface area contributed by atoms with Gasteiger partial charge in [0.1, 0.15) is 0 Å². The molecule has 9 nitrogen and oxygen atoms in total. The van der Waals surface area contributed by atoms with Crippen molar-refractivity contribution in [2.75, 3.05) is 0 Å². The van der Waals surface area contributed by atoms with Crippen molar-refractivity contribution in [1.82, 2.24) is 0 Å². The Labute approximate surface area is 133 Å². The van der Waals surface area contributed by atoms with Crippen molar-refractivity contribution in [3.05, 3.63) is 0 Å². The van der Waals surface area contributed by atoms with Crippen LogP contribution in [-0.2, 0) is 9.59 Å². The number of aliphatic hydroxyl groups excluding tert-OH is 2. The van der Waals surface area contributed by atoms with Crippen LogP contribution in [0.15, 0.2) is 0 Å². The van der Waals surface area contributed by atoms with E-state index in [1.807, 2.05) is 0 Å². The molecule has 0 fully saturated rings. The maximum absolute atomic E-state index is 9.77. The molecule has 0 radical (unpaired) electrons. The summed E-state index contributed by atoms with van der Waals surface area (Å²) in [6.45, 7) is 0. The van der Waals surface area contributed by atoms with Crippen molar-refractivity contribution >= 4 is 18.1 Å². The zero-order valence-corrected chi connectivity index (χ0v) is 12.5. The van der Waals surface area contributed by atoms with E-state index < -0.39 is 30.3 Å². The van der Waals surface area contributed by atoms with E-state index >= 15 is 0 Å². The molecule has 0 amide bonds. The number of carbonyl (C=O) groups excluding carboxylic acids is 1. The largest absolute Gasteiger partial charge is 1.00 e. The fraction of sp³-hybridized carbons (Fsp3) is 0.400. The maximum Gasteiger partial charge on any atom is 1.00 e. The smallest absolute Gasteiger partial charge is 0.652 e. The first-order valence-electron chi connectivity index (χ1n) is 2.89. The van der Waals surface area contributed by atoms with Crippen LogP contribution in [0.25, 0.3) is 0 Å². The zero-order chi connectivity index (χ0) is 11.9.